The van der Waals surface area contributed by atoms with Crippen LogP contribution < -0.4 is 20.1 Å². The van der Waals surface area contributed by atoms with E-state index in [-0.39, 0.29) is 17.4 Å². The standard InChI is InChI=1S/C18H19ClN2O4/c1-10-15(24-3)7-11(8-16(10)25-4)17(22)21-12-5-6-14(19)13(9-12)18(23)20-2/h5-9H,1-4H3,(H,20,23)(H,21,22). The Balaban J connectivity index is 2.33. The minimum absolute atomic E-state index is 0.279. The molecule has 0 atom stereocenters. The van der Waals surface area contributed by atoms with Crippen molar-refractivity contribution in [1.29, 1.82) is 0 Å². The quantitative estimate of drug-likeness (QED) is 0.855. The van der Waals surface area contributed by atoms with E-state index in [1.165, 1.54) is 27.3 Å². The van der Waals surface area contributed by atoms with Crippen LogP contribution in [0.5, 0.6) is 11.5 Å². The van der Waals surface area contributed by atoms with Crippen LogP contribution in [0.1, 0.15) is 26.3 Å². The molecule has 0 unspecified atom stereocenters. The number of anilines is 1. The van der Waals surface area contributed by atoms with Gasteiger partial charge in [0.2, 0.25) is 0 Å². The number of carbonyl (C=O) groups is 2. The predicted molar refractivity (Wildman–Crippen MR) is 97.1 cm³/mol. The number of ether oxygens (including phenoxy) is 2. The van der Waals surface area contributed by atoms with E-state index in [1.807, 2.05) is 6.92 Å². The molecule has 0 spiro atoms. The van der Waals surface area contributed by atoms with E-state index in [0.29, 0.717) is 27.8 Å². The molecule has 2 N–H and O–H groups in total. The Kier molecular flexibility index (Phi) is 5.88. The smallest absolute Gasteiger partial charge is 0.255 e. The first-order chi connectivity index (χ1) is 11.9. The number of benzene rings is 2. The molecule has 132 valence electrons. The topological polar surface area (TPSA) is 76.7 Å². The van der Waals surface area contributed by atoms with Gasteiger partial charge in [0, 0.05) is 23.9 Å². The summed E-state index contributed by atoms with van der Waals surface area (Å²) in [5.74, 6) is 0.403. The zero-order chi connectivity index (χ0) is 18.6. The van der Waals surface area contributed by atoms with Crippen LogP contribution in [0.15, 0.2) is 30.3 Å². The minimum atomic E-state index is -0.359. The molecule has 0 saturated carbocycles. The molecule has 0 aliphatic rings. The van der Waals surface area contributed by atoms with Crippen LogP contribution in [0.2, 0.25) is 5.02 Å². The number of halogens is 1. The van der Waals surface area contributed by atoms with Crippen molar-refractivity contribution >= 4 is 29.1 Å². The maximum atomic E-state index is 12.5. The van der Waals surface area contributed by atoms with Crippen molar-refractivity contribution in [2.75, 3.05) is 26.6 Å². The van der Waals surface area contributed by atoms with Crippen LogP contribution >= 0.6 is 11.6 Å². The molecular weight excluding hydrogens is 344 g/mol. The average molecular weight is 363 g/mol. The lowest BCUT2D eigenvalue weighted by atomic mass is 10.1. The second-order valence-electron chi connectivity index (χ2n) is 5.23. The minimum Gasteiger partial charge on any atom is -0.496 e. The molecule has 2 amide bonds. The predicted octanol–water partition coefficient (Wildman–Crippen LogP) is 3.28. The summed E-state index contributed by atoms with van der Waals surface area (Å²) in [6.45, 7) is 1.84. The SMILES string of the molecule is CNC(=O)c1cc(NC(=O)c2cc(OC)c(C)c(OC)c2)ccc1Cl. The first-order valence-electron chi connectivity index (χ1n) is 7.46. The molecule has 0 saturated heterocycles. The van der Waals surface area contributed by atoms with E-state index < -0.39 is 0 Å². The molecule has 0 aliphatic carbocycles. The second-order valence-corrected chi connectivity index (χ2v) is 5.64. The van der Waals surface area contributed by atoms with Gasteiger partial charge in [-0.25, -0.2) is 0 Å². The van der Waals surface area contributed by atoms with Crippen LogP contribution in [0.3, 0.4) is 0 Å². The van der Waals surface area contributed by atoms with Crippen molar-refractivity contribution in [3.05, 3.63) is 52.0 Å². The molecule has 0 bridgehead atoms. The first-order valence-corrected chi connectivity index (χ1v) is 7.84. The van der Waals surface area contributed by atoms with Gasteiger partial charge in [-0.2, -0.15) is 0 Å². The number of methoxy groups -OCH3 is 2. The number of nitrogens with one attached hydrogen (secondary N) is 2. The van der Waals surface area contributed by atoms with Crippen molar-refractivity contribution < 1.29 is 19.1 Å². The fourth-order valence-corrected chi connectivity index (χ4v) is 2.54. The van der Waals surface area contributed by atoms with Crippen molar-refractivity contribution in [2.24, 2.45) is 0 Å². The largest absolute Gasteiger partial charge is 0.496 e. The van der Waals surface area contributed by atoms with Crippen LogP contribution in [0.25, 0.3) is 0 Å². The van der Waals surface area contributed by atoms with Gasteiger partial charge in [0.25, 0.3) is 11.8 Å². The van der Waals surface area contributed by atoms with Gasteiger partial charge in [0.15, 0.2) is 0 Å². The highest BCUT2D eigenvalue weighted by molar-refractivity contribution is 6.34. The Bertz CT molecular complexity index is 796. The zero-order valence-electron chi connectivity index (χ0n) is 14.4. The number of rotatable bonds is 5. The van der Waals surface area contributed by atoms with Gasteiger partial charge in [-0.05, 0) is 37.3 Å². The van der Waals surface area contributed by atoms with Gasteiger partial charge in [-0.3, -0.25) is 9.59 Å². The van der Waals surface area contributed by atoms with E-state index in [2.05, 4.69) is 10.6 Å². The molecule has 0 radical (unpaired) electrons. The molecule has 2 rings (SSSR count). The molecule has 0 aromatic heterocycles. The van der Waals surface area contributed by atoms with Crippen molar-refractivity contribution in [3.8, 4) is 11.5 Å². The Morgan fingerprint density at radius 2 is 1.60 bits per heavy atom. The van der Waals surface area contributed by atoms with E-state index in [9.17, 15) is 9.59 Å². The molecule has 0 heterocycles. The molecule has 25 heavy (non-hydrogen) atoms. The monoisotopic (exact) mass is 362 g/mol. The lowest BCUT2D eigenvalue weighted by molar-refractivity contribution is 0.0961. The normalized spacial score (nSPS) is 10.1. The summed E-state index contributed by atoms with van der Waals surface area (Å²) in [7, 11) is 4.56. The Labute approximate surface area is 151 Å². The highest BCUT2D eigenvalue weighted by atomic mass is 35.5. The summed E-state index contributed by atoms with van der Waals surface area (Å²) < 4.78 is 10.6. The maximum absolute atomic E-state index is 12.5. The van der Waals surface area contributed by atoms with Gasteiger partial charge in [-0.1, -0.05) is 11.6 Å². The number of hydrogen-bond acceptors (Lipinski definition) is 4. The van der Waals surface area contributed by atoms with E-state index in [4.69, 9.17) is 21.1 Å². The van der Waals surface area contributed by atoms with Gasteiger partial charge in [-0.15, -0.1) is 0 Å². The van der Waals surface area contributed by atoms with E-state index in [0.717, 1.165) is 5.56 Å². The highest BCUT2D eigenvalue weighted by Crippen LogP contribution is 2.30. The molecular formula is C18H19ClN2O4. The van der Waals surface area contributed by atoms with Crippen molar-refractivity contribution in [1.82, 2.24) is 5.32 Å². The summed E-state index contributed by atoms with van der Waals surface area (Å²) in [6, 6.07) is 7.95. The number of carbonyl (C=O) groups excluding carboxylic acids is 2. The maximum Gasteiger partial charge on any atom is 0.255 e. The first kappa shape index (κ1) is 18.6. The number of amides is 2. The summed E-state index contributed by atoms with van der Waals surface area (Å²) in [6.07, 6.45) is 0. The molecule has 0 aliphatic heterocycles. The lowest BCUT2D eigenvalue weighted by Crippen LogP contribution is -2.19. The van der Waals surface area contributed by atoms with E-state index in [1.54, 1.807) is 24.3 Å². The third-order valence-electron chi connectivity index (χ3n) is 3.71. The van der Waals surface area contributed by atoms with Crippen LogP contribution in [0, 0.1) is 6.92 Å². The van der Waals surface area contributed by atoms with Gasteiger partial charge < -0.3 is 20.1 Å². The third kappa shape index (κ3) is 4.03. The Hall–Kier alpha value is -2.73. The van der Waals surface area contributed by atoms with Crippen molar-refractivity contribution in [3.63, 3.8) is 0 Å². The molecule has 2 aromatic rings. The Morgan fingerprint density at radius 3 is 2.12 bits per heavy atom. The number of hydrogen-bond donors (Lipinski definition) is 2. The van der Waals surface area contributed by atoms with Crippen molar-refractivity contribution in [2.45, 2.75) is 6.92 Å². The van der Waals surface area contributed by atoms with Gasteiger partial charge >= 0.3 is 0 Å². The Morgan fingerprint density at radius 1 is 1.00 bits per heavy atom. The fraction of sp³-hybridized carbons (Fsp3) is 0.222. The third-order valence-corrected chi connectivity index (χ3v) is 4.04. The summed E-state index contributed by atoms with van der Waals surface area (Å²) >= 11 is 6.01. The zero-order valence-corrected chi connectivity index (χ0v) is 15.2. The molecule has 2 aromatic carbocycles. The second kappa shape index (κ2) is 7.90. The molecule has 0 fully saturated rings. The van der Waals surface area contributed by atoms with Crippen LogP contribution in [0.4, 0.5) is 5.69 Å². The fourth-order valence-electron chi connectivity index (χ4n) is 2.33. The average Bonchev–Trinajstić information content (AvgIpc) is 2.62. The summed E-state index contributed by atoms with van der Waals surface area (Å²) in [5, 5.41) is 5.54. The highest BCUT2D eigenvalue weighted by Gasteiger charge is 2.15. The summed E-state index contributed by atoms with van der Waals surface area (Å²) in [4.78, 5) is 24.3. The summed E-state index contributed by atoms with van der Waals surface area (Å²) in [5.41, 5.74) is 1.90. The lowest BCUT2D eigenvalue weighted by Gasteiger charge is -2.13. The van der Waals surface area contributed by atoms with E-state index >= 15 is 0 Å². The molecule has 6 nitrogen and oxygen atoms in total. The van der Waals surface area contributed by atoms with Gasteiger partial charge in [0.1, 0.15) is 11.5 Å². The molecule has 7 heteroatoms. The van der Waals surface area contributed by atoms with Gasteiger partial charge in [0.05, 0.1) is 24.8 Å². The van der Waals surface area contributed by atoms with Crippen LogP contribution in [-0.4, -0.2) is 33.1 Å². The van der Waals surface area contributed by atoms with Crippen LogP contribution in [-0.2, 0) is 0 Å².